The summed E-state index contributed by atoms with van der Waals surface area (Å²) < 4.78 is 0. The van der Waals surface area contributed by atoms with E-state index in [-0.39, 0.29) is 29.9 Å². The molecule has 1 saturated heterocycles. The highest BCUT2D eigenvalue weighted by atomic mass is 127. The van der Waals surface area contributed by atoms with Crippen molar-refractivity contribution < 1.29 is 4.79 Å². The topological polar surface area (TPSA) is 89.0 Å². The minimum Gasteiger partial charge on any atom is -0.357 e. The molecule has 2 N–H and O–H groups in total. The molecule has 2 heterocycles. The lowest BCUT2D eigenvalue weighted by atomic mass is 10.2. The molecule has 1 amide bonds. The summed E-state index contributed by atoms with van der Waals surface area (Å²) in [6.45, 7) is 16.8. The minimum absolute atomic E-state index is 0. The quantitative estimate of drug-likeness (QED) is 0.257. The third-order valence-corrected chi connectivity index (χ3v) is 5.40. The van der Waals surface area contributed by atoms with Gasteiger partial charge in [-0.1, -0.05) is 0 Å². The van der Waals surface area contributed by atoms with E-state index >= 15 is 0 Å². The minimum atomic E-state index is 0. The van der Waals surface area contributed by atoms with Crippen LogP contribution in [0.25, 0.3) is 0 Å². The van der Waals surface area contributed by atoms with Crippen LogP contribution in [0.15, 0.2) is 23.5 Å². The second kappa shape index (κ2) is 15.2. The second-order valence-corrected chi connectivity index (χ2v) is 8.28. The number of aromatic nitrogens is 2. The van der Waals surface area contributed by atoms with Gasteiger partial charge >= 0.3 is 0 Å². The highest BCUT2D eigenvalue weighted by molar-refractivity contribution is 14.0. The summed E-state index contributed by atoms with van der Waals surface area (Å²) in [5.41, 5.74) is 0. The van der Waals surface area contributed by atoms with E-state index in [9.17, 15) is 4.79 Å². The summed E-state index contributed by atoms with van der Waals surface area (Å²) in [6.07, 6.45) is 3.95. The number of carbonyl (C=O) groups is 1. The molecule has 0 atom stereocenters. The smallest absolute Gasteiger partial charge is 0.225 e. The normalized spacial score (nSPS) is 14.7. The monoisotopic (exact) mass is 560 g/mol. The van der Waals surface area contributed by atoms with E-state index < -0.39 is 0 Å². The number of rotatable bonds is 10. The van der Waals surface area contributed by atoms with Gasteiger partial charge in [0.05, 0.1) is 6.54 Å². The first kappa shape index (κ1) is 28.3. The molecule has 1 aliphatic rings. The van der Waals surface area contributed by atoms with Crippen LogP contribution in [0.5, 0.6) is 0 Å². The second-order valence-electron chi connectivity index (χ2n) is 8.28. The Morgan fingerprint density at radius 2 is 1.72 bits per heavy atom. The van der Waals surface area contributed by atoms with Crippen molar-refractivity contribution in [1.29, 1.82) is 0 Å². The number of nitrogens with zero attached hydrogens (tertiary/aromatic N) is 6. The molecule has 0 unspecified atom stereocenters. The van der Waals surface area contributed by atoms with E-state index in [0.717, 1.165) is 44.6 Å². The van der Waals surface area contributed by atoms with Crippen LogP contribution >= 0.6 is 24.0 Å². The Balaban J connectivity index is 0.00000512. The summed E-state index contributed by atoms with van der Waals surface area (Å²) in [4.78, 5) is 32.3. The molecule has 182 valence electrons. The molecule has 1 fully saturated rings. The molecule has 1 aromatic rings. The maximum atomic E-state index is 12.6. The van der Waals surface area contributed by atoms with Crippen LogP contribution in [0.4, 0.5) is 5.95 Å². The van der Waals surface area contributed by atoms with Gasteiger partial charge in [0.2, 0.25) is 11.9 Å². The summed E-state index contributed by atoms with van der Waals surface area (Å²) in [7, 11) is 0. The number of piperazine rings is 1. The van der Waals surface area contributed by atoms with E-state index in [1.54, 1.807) is 12.4 Å². The SMILES string of the molecule is CCNC(=NCCN(C(C)C)C(C)C)NCCC(=O)N1CCN(c2ncccn2)CC1.I. The van der Waals surface area contributed by atoms with Crippen LogP contribution in [-0.2, 0) is 4.79 Å². The lowest BCUT2D eigenvalue weighted by Gasteiger charge is -2.34. The van der Waals surface area contributed by atoms with Crippen LogP contribution in [0.1, 0.15) is 41.0 Å². The zero-order valence-electron chi connectivity index (χ0n) is 20.3. The molecular formula is C22H41IN8O. The van der Waals surface area contributed by atoms with Crippen LogP contribution in [-0.4, -0.2) is 96.1 Å². The van der Waals surface area contributed by atoms with Gasteiger partial charge in [0.15, 0.2) is 5.96 Å². The standard InChI is InChI=1S/C22H40N8O.HI/c1-6-23-21(25-12-13-30(18(2)3)19(4)5)24-11-8-20(31)28-14-16-29(17-15-28)22-26-9-7-10-27-22;/h7,9-10,18-19H,6,8,11-17H2,1-5H3,(H2,23,24,25);1H. The number of halogens is 1. The van der Waals surface area contributed by atoms with Crippen LogP contribution in [0.2, 0.25) is 0 Å². The van der Waals surface area contributed by atoms with Gasteiger partial charge in [0.25, 0.3) is 0 Å². The van der Waals surface area contributed by atoms with E-state index in [4.69, 9.17) is 0 Å². The zero-order valence-corrected chi connectivity index (χ0v) is 22.6. The Bertz CT molecular complexity index is 670. The average Bonchev–Trinajstić information content (AvgIpc) is 2.76. The summed E-state index contributed by atoms with van der Waals surface area (Å²) in [5, 5.41) is 6.57. The first-order valence-corrected chi connectivity index (χ1v) is 11.5. The van der Waals surface area contributed by atoms with Crippen LogP contribution in [0.3, 0.4) is 0 Å². The van der Waals surface area contributed by atoms with Crippen molar-refractivity contribution in [3.8, 4) is 0 Å². The molecule has 32 heavy (non-hydrogen) atoms. The van der Waals surface area contributed by atoms with Crippen molar-refractivity contribution in [3.63, 3.8) is 0 Å². The van der Waals surface area contributed by atoms with Crippen molar-refractivity contribution in [1.82, 2.24) is 30.4 Å². The third-order valence-electron chi connectivity index (χ3n) is 5.40. The average molecular weight is 561 g/mol. The van der Waals surface area contributed by atoms with Crippen LogP contribution < -0.4 is 15.5 Å². The van der Waals surface area contributed by atoms with Gasteiger partial charge < -0.3 is 20.4 Å². The lowest BCUT2D eigenvalue weighted by molar-refractivity contribution is -0.131. The third kappa shape index (κ3) is 9.43. The Hall–Kier alpha value is -1.69. The van der Waals surface area contributed by atoms with Gasteiger partial charge in [-0.3, -0.25) is 14.7 Å². The first-order valence-electron chi connectivity index (χ1n) is 11.5. The van der Waals surface area contributed by atoms with Crippen LogP contribution in [0, 0.1) is 0 Å². The summed E-state index contributed by atoms with van der Waals surface area (Å²) >= 11 is 0. The van der Waals surface area contributed by atoms with Gasteiger partial charge in [-0.05, 0) is 40.7 Å². The molecular weight excluding hydrogens is 519 g/mol. The number of nitrogens with one attached hydrogen (secondary N) is 2. The number of guanidine groups is 1. The predicted octanol–water partition coefficient (Wildman–Crippen LogP) is 1.81. The van der Waals surface area contributed by atoms with Crippen molar-refractivity contribution >= 4 is 41.8 Å². The first-order chi connectivity index (χ1) is 14.9. The fourth-order valence-corrected chi connectivity index (χ4v) is 3.79. The molecule has 1 aromatic heterocycles. The lowest BCUT2D eigenvalue weighted by Crippen LogP contribution is -2.50. The molecule has 0 bridgehead atoms. The van der Waals surface area contributed by atoms with E-state index in [1.807, 2.05) is 17.9 Å². The van der Waals surface area contributed by atoms with Gasteiger partial charge in [0.1, 0.15) is 0 Å². The van der Waals surface area contributed by atoms with Crippen molar-refractivity contribution in [3.05, 3.63) is 18.5 Å². The van der Waals surface area contributed by atoms with Gasteiger partial charge in [-0.15, -0.1) is 24.0 Å². The molecule has 0 spiro atoms. The Morgan fingerprint density at radius 3 is 2.28 bits per heavy atom. The fourth-order valence-electron chi connectivity index (χ4n) is 3.79. The van der Waals surface area contributed by atoms with Crippen molar-refractivity contribution in [2.45, 2.75) is 53.1 Å². The fraction of sp³-hybridized carbons (Fsp3) is 0.727. The Morgan fingerprint density at radius 1 is 1.09 bits per heavy atom. The number of hydrogen-bond acceptors (Lipinski definition) is 6. The maximum Gasteiger partial charge on any atom is 0.225 e. The molecule has 0 aromatic carbocycles. The van der Waals surface area contributed by atoms with Crippen molar-refractivity contribution in [2.75, 3.05) is 57.3 Å². The molecule has 0 saturated carbocycles. The number of carbonyl (C=O) groups excluding carboxylic acids is 1. The number of anilines is 1. The number of aliphatic imine (C=N–C) groups is 1. The largest absolute Gasteiger partial charge is 0.357 e. The van der Waals surface area contributed by atoms with E-state index in [2.05, 4.69) is 63.1 Å². The van der Waals surface area contributed by atoms with Gasteiger partial charge in [-0.25, -0.2) is 9.97 Å². The Kier molecular flexibility index (Phi) is 13.5. The highest BCUT2D eigenvalue weighted by Gasteiger charge is 2.22. The maximum absolute atomic E-state index is 12.6. The van der Waals surface area contributed by atoms with Crippen molar-refractivity contribution in [2.24, 2.45) is 4.99 Å². The van der Waals surface area contributed by atoms with E-state index in [1.165, 1.54) is 0 Å². The molecule has 0 aliphatic carbocycles. The summed E-state index contributed by atoms with van der Waals surface area (Å²) in [5.74, 6) is 1.67. The molecule has 9 nitrogen and oxygen atoms in total. The predicted molar refractivity (Wildman–Crippen MR) is 142 cm³/mol. The number of amides is 1. The molecule has 0 radical (unpaired) electrons. The van der Waals surface area contributed by atoms with E-state index in [0.29, 0.717) is 38.1 Å². The van der Waals surface area contributed by atoms with Gasteiger partial charge in [0, 0.05) is 76.7 Å². The highest BCUT2D eigenvalue weighted by Crippen LogP contribution is 2.10. The molecule has 1 aliphatic heterocycles. The number of hydrogen-bond donors (Lipinski definition) is 2. The van der Waals surface area contributed by atoms with Gasteiger partial charge in [-0.2, -0.15) is 0 Å². The Labute approximate surface area is 210 Å². The summed E-state index contributed by atoms with van der Waals surface area (Å²) in [6, 6.07) is 2.81. The zero-order chi connectivity index (χ0) is 22.6. The molecule has 2 rings (SSSR count). The molecule has 10 heteroatoms.